The third kappa shape index (κ3) is 5.52. The second-order valence-corrected chi connectivity index (χ2v) is 9.51. The number of nitrogens with one attached hydrogen (secondary N) is 1. The maximum Gasteiger partial charge on any atom is 0.433 e. The second-order valence-electron chi connectivity index (χ2n) is 7.54. The van der Waals surface area contributed by atoms with E-state index in [0.29, 0.717) is 22.7 Å². The molecule has 8 nitrogen and oxygen atoms in total. The van der Waals surface area contributed by atoms with Gasteiger partial charge in [0, 0.05) is 11.6 Å². The smallest absolute Gasteiger partial charge is 0.319 e. The molecule has 4 aromatic rings. The largest absolute Gasteiger partial charge is 0.433 e. The number of aromatic nitrogens is 3. The van der Waals surface area contributed by atoms with Gasteiger partial charge in [0.1, 0.15) is 0 Å². The molecule has 16 heteroatoms. The van der Waals surface area contributed by atoms with E-state index in [1.165, 1.54) is 0 Å². The van der Waals surface area contributed by atoms with Crippen molar-refractivity contribution in [2.45, 2.75) is 17.2 Å². The van der Waals surface area contributed by atoms with E-state index in [2.05, 4.69) is 15.4 Å². The second kappa shape index (κ2) is 9.00. The minimum absolute atomic E-state index is 0.0419. The van der Waals surface area contributed by atoms with Crippen LogP contribution in [0, 0.1) is 0 Å². The number of anilines is 1. The van der Waals surface area contributed by atoms with E-state index >= 15 is 0 Å². The molecule has 0 aliphatic carbocycles. The molecule has 0 unspecified atom stereocenters. The van der Waals surface area contributed by atoms with E-state index < -0.39 is 50.9 Å². The molecule has 0 saturated heterocycles. The van der Waals surface area contributed by atoms with E-state index in [-0.39, 0.29) is 26.9 Å². The van der Waals surface area contributed by atoms with Gasteiger partial charge in [-0.2, -0.15) is 31.4 Å². The van der Waals surface area contributed by atoms with Gasteiger partial charge in [-0.3, -0.25) is 4.79 Å². The number of rotatable bonds is 4. The lowest BCUT2D eigenvalue weighted by atomic mass is 10.1. The molecule has 3 N–H and O–H groups in total. The van der Waals surface area contributed by atoms with Crippen LogP contribution < -0.4 is 10.5 Å². The summed E-state index contributed by atoms with van der Waals surface area (Å²) in [6, 6.07) is 7.99. The summed E-state index contributed by atoms with van der Waals surface area (Å²) in [5.41, 5.74) is -3.88. The summed E-state index contributed by atoms with van der Waals surface area (Å²) in [5.74, 6) is -1.05. The Morgan fingerprint density at radius 2 is 1.59 bits per heavy atom. The standard InChI is InChI=1S/C21H12ClF6N5O3S/c22-13-6-5-12(37(29,35)36)7-15(13)31-19(34)16-9-18-30-14(8-17(21(26,27)28)33(18)32-16)10-1-3-11(4-2-10)20(23,24)25/h1-9H,(H,31,34)(H2,29,35,36). The van der Waals surface area contributed by atoms with Crippen LogP contribution >= 0.6 is 11.6 Å². The normalized spacial score (nSPS) is 12.6. The van der Waals surface area contributed by atoms with Gasteiger partial charge >= 0.3 is 12.4 Å². The summed E-state index contributed by atoms with van der Waals surface area (Å²) < 4.78 is 103. The minimum atomic E-state index is -4.98. The van der Waals surface area contributed by atoms with Crippen LogP contribution in [-0.2, 0) is 22.4 Å². The Morgan fingerprint density at radius 3 is 2.16 bits per heavy atom. The van der Waals surface area contributed by atoms with Crippen molar-refractivity contribution >= 4 is 38.9 Å². The van der Waals surface area contributed by atoms with Crippen molar-refractivity contribution in [3.05, 3.63) is 76.6 Å². The third-order valence-corrected chi connectivity index (χ3v) is 6.21. The zero-order chi connectivity index (χ0) is 27.3. The Morgan fingerprint density at radius 1 is 0.946 bits per heavy atom. The Balaban J connectivity index is 1.76. The fourth-order valence-corrected chi connectivity index (χ4v) is 3.93. The number of carbonyl (C=O) groups is 1. The molecule has 0 fully saturated rings. The number of halogens is 7. The van der Waals surface area contributed by atoms with Crippen LogP contribution in [0.4, 0.5) is 32.0 Å². The van der Waals surface area contributed by atoms with Crippen molar-refractivity contribution < 1.29 is 39.6 Å². The lowest BCUT2D eigenvalue weighted by Gasteiger charge is -2.12. The first kappa shape index (κ1) is 26.4. The van der Waals surface area contributed by atoms with Gasteiger partial charge in [-0.05, 0) is 36.4 Å². The average molecular weight is 564 g/mol. The van der Waals surface area contributed by atoms with Gasteiger partial charge in [0.05, 0.1) is 26.9 Å². The molecule has 0 saturated carbocycles. The number of fused-ring (bicyclic) bond motifs is 1. The lowest BCUT2D eigenvalue weighted by Crippen LogP contribution is -2.17. The van der Waals surface area contributed by atoms with Crippen molar-refractivity contribution in [1.29, 1.82) is 0 Å². The zero-order valence-electron chi connectivity index (χ0n) is 17.9. The Bertz CT molecular complexity index is 1630. The number of hydrogen-bond donors (Lipinski definition) is 2. The Kier molecular flexibility index (Phi) is 6.42. The van der Waals surface area contributed by atoms with Crippen LogP contribution in [0.3, 0.4) is 0 Å². The van der Waals surface area contributed by atoms with E-state index in [1.54, 1.807) is 0 Å². The zero-order valence-corrected chi connectivity index (χ0v) is 19.5. The first-order valence-corrected chi connectivity index (χ1v) is 11.8. The van der Waals surface area contributed by atoms with Gasteiger partial charge in [-0.15, -0.1) is 0 Å². The van der Waals surface area contributed by atoms with Crippen molar-refractivity contribution in [1.82, 2.24) is 14.6 Å². The van der Waals surface area contributed by atoms with Crippen molar-refractivity contribution in [3.63, 3.8) is 0 Å². The van der Waals surface area contributed by atoms with Crippen LogP contribution in [0.5, 0.6) is 0 Å². The number of nitrogens with zero attached hydrogens (tertiary/aromatic N) is 3. The molecule has 2 aromatic carbocycles. The molecule has 1 amide bonds. The molecule has 0 bridgehead atoms. The first-order valence-electron chi connectivity index (χ1n) is 9.83. The third-order valence-electron chi connectivity index (χ3n) is 4.97. The summed E-state index contributed by atoms with van der Waals surface area (Å²) in [6.45, 7) is 0. The van der Waals surface area contributed by atoms with Gasteiger partial charge in [-0.25, -0.2) is 23.1 Å². The highest BCUT2D eigenvalue weighted by atomic mass is 35.5. The SMILES string of the molecule is NS(=O)(=O)c1ccc(Cl)c(NC(=O)c2cc3nc(-c4ccc(C(F)(F)F)cc4)cc(C(F)(F)F)n3n2)c1. The lowest BCUT2D eigenvalue weighted by molar-refractivity contribution is -0.142. The van der Waals surface area contributed by atoms with Crippen LogP contribution in [0.25, 0.3) is 16.9 Å². The highest BCUT2D eigenvalue weighted by Crippen LogP contribution is 2.34. The molecule has 37 heavy (non-hydrogen) atoms. The topological polar surface area (TPSA) is 119 Å². The molecule has 0 aliphatic heterocycles. The summed E-state index contributed by atoms with van der Waals surface area (Å²) in [5, 5.41) is 10.8. The number of alkyl halides is 6. The molecule has 2 heterocycles. The van der Waals surface area contributed by atoms with Crippen molar-refractivity contribution in [2.24, 2.45) is 5.14 Å². The van der Waals surface area contributed by atoms with Gasteiger partial charge in [0.25, 0.3) is 5.91 Å². The first-order chi connectivity index (χ1) is 17.0. The molecule has 0 atom stereocenters. The number of nitrogens with two attached hydrogens (primary N) is 1. The predicted octanol–water partition coefficient (Wildman–Crippen LogP) is 4.99. The van der Waals surface area contributed by atoms with Crippen LogP contribution in [0.1, 0.15) is 21.7 Å². The molecule has 0 spiro atoms. The van der Waals surface area contributed by atoms with Crippen LogP contribution in [-0.4, -0.2) is 28.9 Å². The van der Waals surface area contributed by atoms with Crippen molar-refractivity contribution in [3.8, 4) is 11.3 Å². The summed E-state index contributed by atoms with van der Waals surface area (Å²) in [6.07, 6.45) is -9.62. The fourth-order valence-electron chi connectivity index (χ4n) is 3.23. The van der Waals surface area contributed by atoms with Crippen LogP contribution in [0.2, 0.25) is 5.02 Å². The number of primary sulfonamides is 1. The molecule has 0 radical (unpaired) electrons. The van der Waals surface area contributed by atoms with Crippen molar-refractivity contribution in [2.75, 3.05) is 5.32 Å². The number of amides is 1. The summed E-state index contributed by atoms with van der Waals surface area (Å²) in [7, 11) is -4.15. The average Bonchev–Trinajstić information content (AvgIpc) is 3.22. The quantitative estimate of drug-likeness (QED) is 0.339. The Hall–Kier alpha value is -3.69. The van der Waals surface area contributed by atoms with E-state index in [1.807, 2.05) is 0 Å². The minimum Gasteiger partial charge on any atom is -0.319 e. The summed E-state index contributed by atoms with van der Waals surface area (Å²) >= 11 is 5.96. The monoisotopic (exact) mass is 563 g/mol. The summed E-state index contributed by atoms with van der Waals surface area (Å²) in [4.78, 5) is 16.3. The van der Waals surface area contributed by atoms with Gasteiger partial charge in [-0.1, -0.05) is 23.7 Å². The molecule has 194 valence electrons. The highest BCUT2D eigenvalue weighted by Gasteiger charge is 2.36. The highest BCUT2D eigenvalue weighted by molar-refractivity contribution is 7.89. The Labute approximate surface area is 208 Å². The predicted molar refractivity (Wildman–Crippen MR) is 119 cm³/mol. The number of hydrogen-bond acceptors (Lipinski definition) is 5. The van der Waals surface area contributed by atoms with Gasteiger partial charge in [0.15, 0.2) is 17.0 Å². The molecule has 2 aromatic heterocycles. The molecular weight excluding hydrogens is 552 g/mol. The number of carbonyl (C=O) groups excluding carboxylic acids is 1. The fraction of sp³-hybridized carbons (Fsp3) is 0.0952. The van der Waals surface area contributed by atoms with E-state index in [0.717, 1.165) is 36.4 Å². The molecule has 4 rings (SSSR count). The van der Waals surface area contributed by atoms with E-state index in [4.69, 9.17) is 16.7 Å². The maximum absolute atomic E-state index is 13.8. The van der Waals surface area contributed by atoms with Gasteiger partial charge < -0.3 is 5.32 Å². The maximum atomic E-state index is 13.8. The van der Waals surface area contributed by atoms with E-state index in [9.17, 15) is 39.6 Å². The molecule has 0 aliphatic rings. The number of sulfonamides is 1. The van der Waals surface area contributed by atoms with Crippen LogP contribution in [0.15, 0.2) is 59.5 Å². The molecular formula is C21H12ClF6N5O3S. The number of benzene rings is 2. The van der Waals surface area contributed by atoms with Gasteiger partial charge in [0.2, 0.25) is 10.0 Å².